The van der Waals surface area contributed by atoms with Crippen molar-refractivity contribution in [3.8, 4) is 0 Å². The van der Waals surface area contributed by atoms with Gasteiger partial charge in [0.2, 0.25) is 0 Å². The second-order valence-electron chi connectivity index (χ2n) is 5.51. The first-order valence-electron chi connectivity index (χ1n) is 7.83. The van der Waals surface area contributed by atoms with Crippen molar-refractivity contribution in [2.75, 3.05) is 6.67 Å². The number of hydrogen-bond donors (Lipinski definition) is 4. The highest BCUT2D eigenvalue weighted by Crippen LogP contribution is 2.12. The van der Waals surface area contributed by atoms with Gasteiger partial charge < -0.3 is 10.4 Å². The summed E-state index contributed by atoms with van der Waals surface area (Å²) >= 11 is 0. The summed E-state index contributed by atoms with van der Waals surface area (Å²) in [4.78, 5) is 32.8. The minimum Gasteiger partial charge on any atom is -0.478 e. The molecule has 0 saturated carbocycles. The maximum atomic E-state index is 12.1. The Kier molecular flexibility index (Phi) is 7.24. The Morgan fingerprint density at radius 1 is 1.04 bits per heavy atom. The number of carbonyl (C=O) groups excluding carboxylic acids is 1. The summed E-state index contributed by atoms with van der Waals surface area (Å²) in [5.74, 6) is -1.68. The van der Waals surface area contributed by atoms with E-state index in [0.717, 1.165) is 16.7 Å². The highest BCUT2D eigenvalue weighted by atomic mass is 17.1. The largest absolute Gasteiger partial charge is 0.478 e. The predicted molar refractivity (Wildman–Crippen MR) is 92.3 cm³/mol. The van der Waals surface area contributed by atoms with E-state index in [-0.39, 0.29) is 31.0 Å². The van der Waals surface area contributed by atoms with Crippen LogP contribution in [0.25, 0.3) is 0 Å². The van der Waals surface area contributed by atoms with E-state index < -0.39 is 11.9 Å². The Labute approximate surface area is 150 Å². The van der Waals surface area contributed by atoms with Crippen LogP contribution in [0.4, 0.5) is 0 Å². The van der Waals surface area contributed by atoms with Gasteiger partial charge in [0, 0.05) is 0 Å². The molecule has 26 heavy (non-hydrogen) atoms. The summed E-state index contributed by atoms with van der Waals surface area (Å²) in [5.41, 5.74) is 4.94. The Balaban J connectivity index is 1.84. The fourth-order valence-corrected chi connectivity index (χ4v) is 2.33. The molecule has 1 amide bonds. The molecule has 0 heterocycles. The fourth-order valence-electron chi connectivity index (χ4n) is 2.33. The van der Waals surface area contributed by atoms with E-state index in [1.807, 2.05) is 18.2 Å². The molecular formula is C18H20N2O6. The molecule has 0 aliphatic carbocycles. The van der Waals surface area contributed by atoms with Gasteiger partial charge in [-0.25, -0.2) is 9.68 Å². The van der Waals surface area contributed by atoms with Crippen molar-refractivity contribution < 1.29 is 29.7 Å². The van der Waals surface area contributed by atoms with Gasteiger partial charge in [0.15, 0.2) is 0 Å². The van der Waals surface area contributed by atoms with E-state index in [2.05, 4.69) is 15.7 Å². The summed E-state index contributed by atoms with van der Waals surface area (Å²) in [6.45, 7) is 1.98. The van der Waals surface area contributed by atoms with Crippen LogP contribution in [0.1, 0.15) is 37.4 Å². The molecule has 0 aliphatic heterocycles. The van der Waals surface area contributed by atoms with Crippen molar-refractivity contribution >= 4 is 11.9 Å². The van der Waals surface area contributed by atoms with Crippen molar-refractivity contribution in [2.24, 2.45) is 0 Å². The molecule has 0 atom stereocenters. The van der Waals surface area contributed by atoms with Gasteiger partial charge in [0.1, 0.15) is 6.61 Å². The first-order chi connectivity index (χ1) is 12.5. The van der Waals surface area contributed by atoms with Crippen LogP contribution in [0.15, 0.2) is 42.5 Å². The standard InChI is InChI=1S/C18H20N2O6/c1-12-6-7-15(16(8-12)18(22)23)17(21)19-11-20-25-9-13-4-2-3-5-14(13)10-26-24/h2-8,20,24H,9-11H2,1H3,(H,19,21)(H,22,23). The van der Waals surface area contributed by atoms with Gasteiger partial charge in [-0.3, -0.25) is 14.9 Å². The number of rotatable bonds is 9. The maximum absolute atomic E-state index is 12.1. The quantitative estimate of drug-likeness (QED) is 0.234. The Bertz CT molecular complexity index is 778. The van der Waals surface area contributed by atoms with E-state index in [9.17, 15) is 14.7 Å². The zero-order valence-corrected chi connectivity index (χ0v) is 14.2. The van der Waals surface area contributed by atoms with Gasteiger partial charge >= 0.3 is 5.97 Å². The van der Waals surface area contributed by atoms with Gasteiger partial charge in [-0.2, -0.15) is 5.48 Å². The average molecular weight is 360 g/mol. The molecule has 8 nitrogen and oxygen atoms in total. The number of hydroxylamine groups is 1. The van der Waals surface area contributed by atoms with Crippen molar-refractivity contribution in [1.29, 1.82) is 0 Å². The summed E-state index contributed by atoms with van der Waals surface area (Å²) < 4.78 is 0. The van der Waals surface area contributed by atoms with E-state index in [1.165, 1.54) is 12.1 Å². The SMILES string of the molecule is Cc1ccc(C(=O)NCNOCc2ccccc2COO)c(C(=O)O)c1. The number of carbonyl (C=O) groups is 2. The van der Waals surface area contributed by atoms with Crippen molar-refractivity contribution in [3.05, 3.63) is 70.3 Å². The molecule has 2 rings (SSSR count). The topological polar surface area (TPSA) is 117 Å². The van der Waals surface area contributed by atoms with Crippen LogP contribution in [0.3, 0.4) is 0 Å². The number of aromatic carboxylic acids is 1. The minimum absolute atomic E-state index is 0.00949. The third kappa shape index (κ3) is 5.36. The van der Waals surface area contributed by atoms with E-state index >= 15 is 0 Å². The summed E-state index contributed by atoms with van der Waals surface area (Å²) in [5, 5.41) is 20.3. The van der Waals surface area contributed by atoms with Crippen LogP contribution in [-0.2, 0) is 22.9 Å². The molecule has 8 heteroatoms. The predicted octanol–water partition coefficient (Wildman–Crippen LogP) is 2.09. The molecular weight excluding hydrogens is 340 g/mol. The molecule has 0 fully saturated rings. The van der Waals surface area contributed by atoms with Crippen LogP contribution >= 0.6 is 0 Å². The smallest absolute Gasteiger partial charge is 0.336 e. The van der Waals surface area contributed by atoms with Crippen LogP contribution in [0.2, 0.25) is 0 Å². The minimum atomic E-state index is -1.16. The third-order valence-corrected chi connectivity index (χ3v) is 3.64. The lowest BCUT2D eigenvalue weighted by Crippen LogP contribution is -2.34. The Hall–Kier alpha value is -2.78. The van der Waals surface area contributed by atoms with Gasteiger partial charge in [0.25, 0.3) is 5.91 Å². The molecule has 0 aliphatic rings. The van der Waals surface area contributed by atoms with Crippen molar-refractivity contribution in [3.63, 3.8) is 0 Å². The molecule has 138 valence electrons. The first kappa shape index (κ1) is 19.5. The number of nitrogens with one attached hydrogen (secondary N) is 2. The molecule has 0 radical (unpaired) electrons. The van der Waals surface area contributed by atoms with Gasteiger partial charge in [-0.15, -0.1) is 0 Å². The van der Waals surface area contributed by atoms with E-state index in [0.29, 0.717) is 0 Å². The fraction of sp³-hybridized carbons (Fsp3) is 0.222. The zero-order valence-electron chi connectivity index (χ0n) is 14.2. The van der Waals surface area contributed by atoms with E-state index in [4.69, 9.17) is 10.1 Å². The summed E-state index contributed by atoms with van der Waals surface area (Å²) in [6.07, 6.45) is 0. The normalized spacial score (nSPS) is 10.5. The highest BCUT2D eigenvalue weighted by molar-refractivity contribution is 6.04. The van der Waals surface area contributed by atoms with Crippen molar-refractivity contribution in [2.45, 2.75) is 20.1 Å². The molecule has 0 spiro atoms. The molecule has 2 aromatic rings. The highest BCUT2D eigenvalue weighted by Gasteiger charge is 2.16. The first-order valence-corrected chi connectivity index (χ1v) is 7.83. The zero-order chi connectivity index (χ0) is 18.9. The summed E-state index contributed by atoms with van der Waals surface area (Å²) in [6, 6.07) is 11.8. The molecule has 0 aromatic heterocycles. The number of benzene rings is 2. The second kappa shape index (κ2) is 9.64. The molecule has 0 bridgehead atoms. The Morgan fingerprint density at radius 2 is 1.73 bits per heavy atom. The van der Waals surface area contributed by atoms with Crippen LogP contribution in [-0.4, -0.2) is 28.9 Å². The summed E-state index contributed by atoms with van der Waals surface area (Å²) in [7, 11) is 0. The number of carboxylic acids is 1. The molecule has 0 saturated heterocycles. The average Bonchev–Trinajstić information content (AvgIpc) is 2.62. The van der Waals surface area contributed by atoms with Crippen LogP contribution in [0, 0.1) is 6.92 Å². The number of amides is 1. The molecule has 0 unspecified atom stereocenters. The van der Waals surface area contributed by atoms with Gasteiger partial charge in [-0.05, 0) is 30.2 Å². The van der Waals surface area contributed by atoms with E-state index in [1.54, 1.807) is 19.1 Å². The molecule has 4 N–H and O–H groups in total. The number of hydrogen-bond acceptors (Lipinski definition) is 6. The number of aryl methyl sites for hydroxylation is 1. The lowest BCUT2D eigenvalue weighted by Gasteiger charge is -2.11. The molecule has 2 aromatic carbocycles. The lowest BCUT2D eigenvalue weighted by molar-refractivity contribution is -0.253. The lowest BCUT2D eigenvalue weighted by atomic mass is 10.0. The third-order valence-electron chi connectivity index (χ3n) is 3.64. The van der Waals surface area contributed by atoms with Crippen LogP contribution < -0.4 is 10.8 Å². The number of carboxylic acid groups (broad SMARTS) is 1. The monoisotopic (exact) mass is 360 g/mol. The van der Waals surface area contributed by atoms with Crippen molar-refractivity contribution in [1.82, 2.24) is 10.8 Å². The van der Waals surface area contributed by atoms with Gasteiger partial charge in [0.05, 0.1) is 24.4 Å². The van der Waals surface area contributed by atoms with Crippen LogP contribution in [0.5, 0.6) is 0 Å². The Morgan fingerprint density at radius 3 is 2.38 bits per heavy atom. The second-order valence-corrected chi connectivity index (χ2v) is 5.51. The maximum Gasteiger partial charge on any atom is 0.336 e. The van der Waals surface area contributed by atoms with Gasteiger partial charge in [-0.1, -0.05) is 35.9 Å².